The molecule has 2 saturated carbocycles. The molecule has 0 bridgehead atoms. The topological polar surface area (TPSA) is 29.9 Å². The molecule has 1 aromatic heterocycles. The molecule has 1 heterocycles. The first-order valence-electron chi connectivity index (χ1n) is 7.12. The lowest BCUT2D eigenvalue weighted by molar-refractivity contribution is 0.405. The summed E-state index contributed by atoms with van der Waals surface area (Å²) in [7, 11) is 0. The van der Waals surface area contributed by atoms with E-state index in [-0.39, 0.29) is 0 Å². The lowest BCUT2D eigenvalue weighted by atomic mass is 10.1. The molecule has 1 N–H and O–H groups in total. The van der Waals surface area contributed by atoms with Crippen molar-refractivity contribution in [3.05, 3.63) is 18.0 Å². The van der Waals surface area contributed by atoms with Gasteiger partial charge in [-0.3, -0.25) is 4.68 Å². The molecular weight excluding hydrogens is 210 g/mol. The van der Waals surface area contributed by atoms with Crippen LogP contribution in [0.1, 0.15) is 44.7 Å². The minimum atomic E-state index is 0.792. The van der Waals surface area contributed by atoms with Gasteiger partial charge in [-0.05, 0) is 50.0 Å². The van der Waals surface area contributed by atoms with Crippen LogP contribution in [-0.4, -0.2) is 15.8 Å². The van der Waals surface area contributed by atoms with Gasteiger partial charge in [0.2, 0.25) is 0 Å². The van der Waals surface area contributed by atoms with Crippen LogP contribution in [0.3, 0.4) is 0 Å². The van der Waals surface area contributed by atoms with Gasteiger partial charge in [0.05, 0.1) is 5.69 Å². The second kappa shape index (κ2) is 4.81. The third-order valence-electron chi connectivity index (χ3n) is 4.02. The molecule has 2 aliphatic carbocycles. The zero-order chi connectivity index (χ0) is 11.7. The fraction of sp³-hybridized carbons (Fsp3) is 0.786. The Bertz CT molecular complexity index is 351. The third-order valence-corrected chi connectivity index (χ3v) is 4.02. The summed E-state index contributed by atoms with van der Waals surface area (Å²) in [6.45, 7) is 4.25. The van der Waals surface area contributed by atoms with E-state index in [1.165, 1.54) is 31.4 Å². The summed E-state index contributed by atoms with van der Waals surface area (Å²) in [5.74, 6) is 1.95. The Morgan fingerprint density at radius 1 is 1.35 bits per heavy atom. The lowest BCUT2D eigenvalue weighted by Crippen LogP contribution is -2.33. The minimum Gasteiger partial charge on any atom is -0.308 e. The van der Waals surface area contributed by atoms with Crippen molar-refractivity contribution in [2.45, 2.75) is 58.2 Å². The first-order chi connectivity index (χ1) is 8.38. The fourth-order valence-electron chi connectivity index (χ4n) is 2.77. The molecule has 0 aromatic carbocycles. The second-order valence-corrected chi connectivity index (χ2v) is 5.63. The molecule has 94 valence electrons. The molecule has 3 nitrogen and oxygen atoms in total. The maximum Gasteiger partial charge on any atom is 0.0522 e. The Balaban J connectivity index is 1.56. The van der Waals surface area contributed by atoms with Gasteiger partial charge in [0.25, 0.3) is 0 Å². The Kier molecular flexibility index (Phi) is 3.19. The van der Waals surface area contributed by atoms with Crippen molar-refractivity contribution in [1.82, 2.24) is 15.1 Å². The standard InChI is InChI=1S/C14H23N3/c1-2-9-17-13(7-8-16-17)10-15-14(11-3-4-11)12-5-6-12/h7-8,11-12,14-15H,2-6,9-10H2,1H3. The van der Waals surface area contributed by atoms with Crippen LogP contribution >= 0.6 is 0 Å². The number of aryl methyl sites for hydroxylation is 1. The van der Waals surface area contributed by atoms with E-state index in [0.717, 1.165) is 37.4 Å². The Morgan fingerprint density at radius 2 is 2.06 bits per heavy atom. The van der Waals surface area contributed by atoms with E-state index in [1.807, 2.05) is 6.20 Å². The molecule has 17 heavy (non-hydrogen) atoms. The van der Waals surface area contributed by atoms with Crippen LogP contribution in [0, 0.1) is 11.8 Å². The van der Waals surface area contributed by atoms with Crippen molar-refractivity contribution < 1.29 is 0 Å². The average molecular weight is 233 g/mol. The fourth-order valence-corrected chi connectivity index (χ4v) is 2.77. The second-order valence-electron chi connectivity index (χ2n) is 5.63. The highest BCUT2D eigenvalue weighted by Crippen LogP contribution is 2.44. The van der Waals surface area contributed by atoms with Gasteiger partial charge in [0.15, 0.2) is 0 Å². The summed E-state index contributed by atoms with van der Waals surface area (Å²) in [5, 5.41) is 8.17. The monoisotopic (exact) mass is 233 g/mol. The molecule has 0 atom stereocenters. The van der Waals surface area contributed by atoms with Crippen LogP contribution < -0.4 is 5.32 Å². The van der Waals surface area contributed by atoms with Crippen LogP contribution in [-0.2, 0) is 13.1 Å². The predicted molar refractivity (Wildman–Crippen MR) is 68.6 cm³/mol. The van der Waals surface area contributed by atoms with Crippen LogP contribution in [0.25, 0.3) is 0 Å². The van der Waals surface area contributed by atoms with Crippen molar-refractivity contribution in [2.24, 2.45) is 11.8 Å². The molecule has 3 heteroatoms. The summed E-state index contributed by atoms with van der Waals surface area (Å²) in [5.41, 5.74) is 1.35. The number of nitrogens with zero attached hydrogens (tertiary/aromatic N) is 2. The number of aromatic nitrogens is 2. The van der Waals surface area contributed by atoms with E-state index in [1.54, 1.807) is 0 Å². The van der Waals surface area contributed by atoms with Crippen LogP contribution in [0.15, 0.2) is 12.3 Å². The van der Waals surface area contributed by atoms with E-state index < -0.39 is 0 Å². The SMILES string of the molecule is CCCn1nccc1CNC(C1CC1)C1CC1. The highest BCUT2D eigenvalue weighted by atomic mass is 15.3. The molecule has 0 spiro atoms. The molecule has 0 amide bonds. The Labute approximate surface area is 104 Å². The predicted octanol–water partition coefficient (Wildman–Crippen LogP) is 2.57. The number of hydrogen-bond donors (Lipinski definition) is 1. The van der Waals surface area contributed by atoms with Gasteiger partial charge >= 0.3 is 0 Å². The summed E-state index contributed by atoms with van der Waals surface area (Å²) in [6, 6.07) is 2.94. The summed E-state index contributed by atoms with van der Waals surface area (Å²) in [6.07, 6.45) is 8.87. The van der Waals surface area contributed by atoms with Crippen molar-refractivity contribution in [1.29, 1.82) is 0 Å². The highest BCUT2D eigenvalue weighted by molar-refractivity contribution is 5.03. The van der Waals surface area contributed by atoms with Gasteiger partial charge in [0, 0.05) is 25.3 Å². The maximum atomic E-state index is 4.38. The third kappa shape index (κ3) is 2.71. The van der Waals surface area contributed by atoms with E-state index >= 15 is 0 Å². The van der Waals surface area contributed by atoms with E-state index in [0.29, 0.717) is 0 Å². The maximum absolute atomic E-state index is 4.38. The zero-order valence-electron chi connectivity index (χ0n) is 10.7. The zero-order valence-corrected chi connectivity index (χ0v) is 10.7. The molecule has 0 unspecified atom stereocenters. The quantitative estimate of drug-likeness (QED) is 0.784. The van der Waals surface area contributed by atoms with Gasteiger partial charge in [-0.2, -0.15) is 5.10 Å². The molecule has 2 fully saturated rings. The largest absolute Gasteiger partial charge is 0.308 e. The van der Waals surface area contributed by atoms with E-state index in [4.69, 9.17) is 0 Å². The van der Waals surface area contributed by atoms with Crippen molar-refractivity contribution in [3.63, 3.8) is 0 Å². The molecule has 2 aliphatic rings. The van der Waals surface area contributed by atoms with Gasteiger partial charge in [0.1, 0.15) is 0 Å². The molecule has 0 radical (unpaired) electrons. The van der Waals surface area contributed by atoms with Crippen molar-refractivity contribution in [2.75, 3.05) is 0 Å². The van der Waals surface area contributed by atoms with Crippen LogP contribution in [0.2, 0.25) is 0 Å². The summed E-state index contributed by atoms with van der Waals surface area (Å²) in [4.78, 5) is 0. The molecule has 0 saturated heterocycles. The van der Waals surface area contributed by atoms with Crippen LogP contribution in [0.5, 0.6) is 0 Å². The van der Waals surface area contributed by atoms with Gasteiger partial charge < -0.3 is 5.32 Å². The van der Waals surface area contributed by atoms with Crippen molar-refractivity contribution in [3.8, 4) is 0 Å². The molecule has 1 aromatic rings. The van der Waals surface area contributed by atoms with E-state index in [9.17, 15) is 0 Å². The van der Waals surface area contributed by atoms with E-state index in [2.05, 4.69) is 28.1 Å². The normalized spacial score (nSPS) is 20.1. The number of rotatable bonds is 7. The summed E-state index contributed by atoms with van der Waals surface area (Å²) < 4.78 is 2.14. The van der Waals surface area contributed by atoms with Gasteiger partial charge in [-0.25, -0.2) is 0 Å². The molecule has 0 aliphatic heterocycles. The Morgan fingerprint density at radius 3 is 2.65 bits per heavy atom. The first-order valence-corrected chi connectivity index (χ1v) is 7.12. The lowest BCUT2D eigenvalue weighted by Gasteiger charge is -2.18. The van der Waals surface area contributed by atoms with Gasteiger partial charge in [-0.1, -0.05) is 6.92 Å². The minimum absolute atomic E-state index is 0.792. The summed E-state index contributed by atoms with van der Waals surface area (Å²) >= 11 is 0. The Hall–Kier alpha value is -0.830. The number of nitrogens with one attached hydrogen (secondary N) is 1. The first kappa shape index (κ1) is 11.3. The number of hydrogen-bond acceptors (Lipinski definition) is 2. The van der Waals surface area contributed by atoms with Crippen molar-refractivity contribution >= 4 is 0 Å². The van der Waals surface area contributed by atoms with Crippen LogP contribution in [0.4, 0.5) is 0 Å². The average Bonchev–Trinajstić information content (AvgIpc) is 3.21. The van der Waals surface area contributed by atoms with Gasteiger partial charge in [-0.15, -0.1) is 0 Å². The highest BCUT2D eigenvalue weighted by Gasteiger charge is 2.40. The smallest absolute Gasteiger partial charge is 0.0522 e. The molecular formula is C14H23N3. The molecule has 3 rings (SSSR count).